The molecule has 10 heteroatoms. The van der Waals surface area contributed by atoms with E-state index in [4.69, 9.17) is 0 Å². The molecule has 7 nitrogen and oxygen atoms in total. The third-order valence-corrected chi connectivity index (χ3v) is 8.83. The minimum atomic E-state index is -4.75. The number of amides is 1. The fourth-order valence-electron chi connectivity index (χ4n) is 6.91. The van der Waals surface area contributed by atoms with Crippen molar-refractivity contribution in [2.45, 2.75) is 64.4 Å². The average Bonchev–Trinajstić information content (AvgIpc) is 3.54. The fourth-order valence-corrected chi connectivity index (χ4v) is 6.91. The summed E-state index contributed by atoms with van der Waals surface area (Å²) in [6, 6.07) is 9.68. The van der Waals surface area contributed by atoms with E-state index in [1.807, 2.05) is 21.6 Å². The van der Waals surface area contributed by atoms with Gasteiger partial charge in [-0.25, -0.2) is 4.98 Å². The summed E-state index contributed by atoms with van der Waals surface area (Å²) in [5.41, 5.74) is 2.80. The molecule has 0 saturated heterocycles. The molecule has 2 aliphatic carbocycles. The topological polar surface area (TPSA) is 84.7 Å². The highest BCUT2D eigenvalue weighted by Gasteiger charge is 2.58. The molecule has 2 bridgehead atoms. The van der Waals surface area contributed by atoms with Crippen LogP contribution in [0.3, 0.4) is 0 Å². The predicted molar refractivity (Wildman–Crippen MR) is 131 cm³/mol. The molecule has 1 aromatic carbocycles. The van der Waals surface area contributed by atoms with Gasteiger partial charge in [0.2, 0.25) is 5.91 Å². The molecule has 1 N–H and O–H groups in total. The predicted octanol–water partition coefficient (Wildman–Crippen LogP) is 5.29. The zero-order valence-corrected chi connectivity index (χ0v) is 20.8. The van der Waals surface area contributed by atoms with E-state index in [9.17, 15) is 27.9 Å². The molecule has 6 rings (SSSR count). The molecule has 0 atom stereocenters. The molecule has 1 aliphatic heterocycles. The highest BCUT2D eigenvalue weighted by atomic mass is 19.4. The van der Waals surface area contributed by atoms with Crippen molar-refractivity contribution in [2.75, 3.05) is 6.54 Å². The third-order valence-electron chi connectivity index (χ3n) is 8.83. The number of ether oxygens (including phenoxy) is 1. The van der Waals surface area contributed by atoms with Gasteiger partial charge in [0, 0.05) is 36.8 Å². The number of fused-ring (bicyclic) bond motifs is 5. The van der Waals surface area contributed by atoms with E-state index in [1.54, 1.807) is 18.3 Å². The first-order valence-corrected chi connectivity index (χ1v) is 12.9. The van der Waals surface area contributed by atoms with E-state index in [1.165, 1.54) is 12.1 Å². The number of aliphatic carboxylic acids is 1. The summed E-state index contributed by atoms with van der Waals surface area (Å²) in [7, 11) is 0. The monoisotopic (exact) mass is 527 g/mol. The van der Waals surface area contributed by atoms with E-state index in [-0.39, 0.29) is 17.1 Å². The van der Waals surface area contributed by atoms with Crippen molar-refractivity contribution >= 4 is 22.9 Å². The molecule has 0 radical (unpaired) electrons. The highest BCUT2D eigenvalue weighted by Crippen LogP contribution is 2.63. The van der Waals surface area contributed by atoms with Gasteiger partial charge in [0.15, 0.2) is 0 Å². The Kier molecular flexibility index (Phi) is 5.70. The second kappa shape index (κ2) is 8.74. The summed E-state index contributed by atoms with van der Waals surface area (Å²) in [5.74, 6) is -0.959. The normalized spacial score (nSPS) is 24.6. The Morgan fingerprint density at radius 2 is 1.82 bits per heavy atom. The first-order valence-electron chi connectivity index (χ1n) is 12.9. The molecule has 38 heavy (non-hydrogen) atoms. The van der Waals surface area contributed by atoms with Crippen molar-refractivity contribution in [3.63, 3.8) is 0 Å². The fraction of sp³-hybridized carbons (Fsp3) is 0.464. The Hall–Kier alpha value is -3.56. The molecule has 0 unspecified atom stereocenters. The van der Waals surface area contributed by atoms with Gasteiger partial charge in [-0.2, -0.15) is 0 Å². The Morgan fingerprint density at radius 3 is 2.47 bits per heavy atom. The number of halogens is 3. The zero-order valence-electron chi connectivity index (χ0n) is 20.8. The quantitative estimate of drug-likeness (QED) is 0.471. The summed E-state index contributed by atoms with van der Waals surface area (Å²) in [6.45, 7) is 1.39. The molecule has 2 fully saturated rings. The van der Waals surface area contributed by atoms with E-state index in [0.717, 1.165) is 40.7 Å². The van der Waals surface area contributed by atoms with Crippen molar-refractivity contribution in [3.05, 3.63) is 59.4 Å². The summed E-state index contributed by atoms with van der Waals surface area (Å²) in [6.07, 6.45) is 1.45. The number of carbonyl (C=O) groups is 2. The standard InChI is InChI=1S/C28H28F3N3O4/c29-28(30,31)38-19-5-3-18(4-6-19)15-34-22-16-33(13-7-20(22)21-2-1-12-32-24(21)34)23(35)14-26-8-10-27(17-26,11-9-26)25(36)37/h1-6,12H,7-11,13-17H2,(H,36,37). The van der Waals surface area contributed by atoms with Crippen LogP contribution in [0.15, 0.2) is 42.6 Å². The first kappa shape index (κ1) is 24.8. The lowest BCUT2D eigenvalue weighted by molar-refractivity contribution is -0.274. The van der Waals surface area contributed by atoms with E-state index >= 15 is 0 Å². The molecule has 1 amide bonds. The molecule has 2 saturated carbocycles. The van der Waals surface area contributed by atoms with Crippen LogP contribution in [-0.4, -0.2) is 44.3 Å². The Labute approximate surface area is 217 Å². The second-order valence-corrected chi connectivity index (χ2v) is 11.1. The van der Waals surface area contributed by atoms with Crippen LogP contribution in [-0.2, 0) is 29.1 Å². The number of carboxylic acids is 1. The number of hydrogen-bond acceptors (Lipinski definition) is 4. The van der Waals surface area contributed by atoms with Gasteiger partial charge >= 0.3 is 12.3 Å². The number of benzene rings is 1. The van der Waals surface area contributed by atoms with Crippen molar-refractivity contribution < 1.29 is 32.6 Å². The first-order chi connectivity index (χ1) is 18.1. The minimum absolute atomic E-state index is 0.0529. The smallest absolute Gasteiger partial charge is 0.481 e. The number of alkyl halides is 3. The number of carbonyl (C=O) groups excluding carboxylic acids is 1. The Bertz CT molecular complexity index is 1410. The van der Waals surface area contributed by atoms with Crippen molar-refractivity contribution in [1.29, 1.82) is 0 Å². The molecule has 3 heterocycles. The molecule has 0 spiro atoms. The maximum atomic E-state index is 13.5. The lowest BCUT2D eigenvalue weighted by Crippen LogP contribution is -2.39. The van der Waals surface area contributed by atoms with Crippen LogP contribution in [0.1, 0.15) is 55.3 Å². The zero-order chi connectivity index (χ0) is 26.7. The molecule has 3 aromatic rings. The van der Waals surface area contributed by atoms with Crippen LogP contribution >= 0.6 is 0 Å². The third kappa shape index (κ3) is 4.29. The molecule has 3 aliphatic rings. The van der Waals surface area contributed by atoms with Crippen LogP contribution < -0.4 is 4.74 Å². The lowest BCUT2D eigenvalue weighted by Gasteiger charge is -2.33. The van der Waals surface area contributed by atoms with E-state index in [2.05, 4.69) is 9.72 Å². The largest absolute Gasteiger partial charge is 0.573 e. The molecular formula is C28H28F3N3O4. The van der Waals surface area contributed by atoms with Crippen LogP contribution in [0.4, 0.5) is 13.2 Å². The van der Waals surface area contributed by atoms with Gasteiger partial charge in [-0.1, -0.05) is 12.1 Å². The van der Waals surface area contributed by atoms with Crippen LogP contribution in [0, 0.1) is 10.8 Å². The molecule has 200 valence electrons. The van der Waals surface area contributed by atoms with Gasteiger partial charge in [-0.05, 0) is 79.3 Å². The van der Waals surface area contributed by atoms with Gasteiger partial charge in [0.1, 0.15) is 11.4 Å². The van der Waals surface area contributed by atoms with Crippen LogP contribution in [0.25, 0.3) is 11.0 Å². The van der Waals surface area contributed by atoms with Gasteiger partial charge in [-0.3, -0.25) is 9.59 Å². The highest BCUT2D eigenvalue weighted by molar-refractivity contribution is 5.84. The number of pyridine rings is 1. The number of aromatic nitrogens is 2. The van der Waals surface area contributed by atoms with Gasteiger partial charge in [0.25, 0.3) is 0 Å². The second-order valence-electron chi connectivity index (χ2n) is 11.1. The van der Waals surface area contributed by atoms with E-state index in [0.29, 0.717) is 51.7 Å². The summed E-state index contributed by atoms with van der Waals surface area (Å²) >= 11 is 0. The number of hydrogen-bond donors (Lipinski definition) is 1. The maximum absolute atomic E-state index is 13.5. The van der Waals surface area contributed by atoms with Crippen LogP contribution in [0.5, 0.6) is 5.75 Å². The molecular weight excluding hydrogens is 499 g/mol. The van der Waals surface area contributed by atoms with E-state index < -0.39 is 17.7 Å². The average molecular weight is 528 g/mol. The summed E-state index contributed by atoms with van der Waals surface area (Å²) < 4.78 is 43.7. The summed E-state index contributed by atoms with van der Waals surface area (Å²) in [5, 5.41) is 10.7. The Balaban J connectivity index is 1.24. The lowest BCUT2D eigenvalue weighted by atomic mass is 9.80. The van der Waals surface area contributed by atoms with Gasteiger partial charge in [0.05, 0.1) is 12.0 Å². The maximum Gasteiger partial charge on any atom is 0.573 e. The SMILES string of the molecule is O=C(CC12CCC(C(=O)O)(CC1)C2)N1CCc2c(n(Cc3ccc(OC(F)(F)F)cc3)c3ncccc23)C1. The van der Waals surface area contributed by atoms with Crippen molar-refractivity contribution in [1.82, 2.24) is 14.5 Å². The van der Waals surface area contributed by atoms with Gasteiger partial charge < -0.3 is 19.3 Å². The number of carboxylic acid groups (broad SMARTS) is 1. The van der Waals surface area contributed by atoms with Gasteiger partial charge in [-0.15, -0.1) is 13.2 Å². The number of rotatable bonds is 6. The van der Waals surface area contributed by atoms with Crippen molar-refractivity contribution in [3.8, 4) is 5.75 Å². The Morgan fingerprint density at radius 1 is 1.08 bits per heavy atom. The number of nitrogens with zero attached hydrogens (tertiary/aromatic N) is 3. The van der Waals surface area contributed by atoms with Crippen LogP contribution in [0.2, 0.25) is 0 Å². The summed E-state index contributed by atoms with van der Waals surface area (Å²) in [4.78, 5) is 31.8. The molecule has 2 aromatic heterocycles. The van der Waals surface area contributed by atoms with Crippen molar-refractivity contribution in [2.24, 2.45) is 10.8 Å². The minimum Gasteiger partial charge on any atom is -0.481 e.